The number of anilines is 6. The summed E-state index contributed by atoms with van der Waals surface area (Å²) in [6.07, 6.45) is 0. The van der Waals surface area contributed by atoms with Crippen molar-refractivity contribution in [3.63, 3.8) is 0 Å². The highest BCUT2D eigenvalue weighted by Crippen LogP contribution is 2.46. The molecule has 0 fully saturated rings. The van der Waals surface area contributed by atoms with Crippen molar-refractivity contribution >= 4 is 55.7 Å². The van der Waals surface area contributed by atoms with E-state index >= 15 is 0 Å². The predicted molar refractivity (Wildman–Crippen MR) is 215 cm³/mol. The van der Waals surface area contributed by atoms with E-state index in [0.29, 0.717) is 0 Å². The van der Waals surface area contributed by atoms with Gasteiger partial charge >= 0.3 is 0 Å². The van der Waals surface area contributed by atoms with Crippen LogP contribution in [0.3, 0.4) is 0 Å². The van der Waals surface area contributed by atoms with Crippen LogP contribution in [-0.2, 0) is 0 Å². The summed E-state index contributed by atoms with van der Waals surface area (Å²) in [7, 11) is 0. The first kappa shape index (κ1) is 31.2. The maximum atomic E-state index is 2.40. The van der Waals surface area contributed by atoms with Gasteiger partial charge in [-0.1, -0.05) is 109 Å². The zero-order valence-corrected chi connectivity index (χ0v) is 29.1. The fourth-order valence-corrected chi connectivity index (χ4v) is 7.35. The summed E-state index contributed by atoms with van der Waals surface area (Å²) < 4.78 is 0. The molecule has 0 aliphatic rings. The van der Waals surface area contributed by atoms with E-state index in [0.717, 1.165) is 34.1 Å². The molecule has 0 heterocycles. The largest absolute Gasteiger partial charge is 0.310 e. The third-order valence-corrected chi connectivity index (χ3v) is 9.61. The van der Waals surface area contributed by atoms with E-state index in [1.54, 1.807) is 0 Å². The summed E-state index contributed by atoms with van der Waals surface area (Å²) in [4.78, 5) is 4.80. The van der Waals surface area contributed by atoms with Crippen molar-refractivity contribution in [2.24, 2.45) is 0 Å². The minimum absolute atomic E-state index is 1.15. The standard InChI is InChI=1S/C48H40N2/c1-33-13-9-17-37(29-33)49(38-18-10-14-34(2)30-38)47-27-25-43(41-21-5-7-23-45(41)47)44-26-28-48(46-24-8-6-22-42(44)46)50(39-19-11-15-35(3)31-39)40-20-12-16-36(4)32-40/h5-32H,1-4H3. The summed E-state index contributed by atoms with van der Waals surface area (Å²) in [5.74, 6) is 0. The molecule has 0 saturated heterocycles. The number of aryl methyl sites for hydroxylation is 4. The highest BCUT2D eigenvalue weighted by Gasteiger charge is 2.21. The van der Waals surface area contributed by atoms with Crippen molar-refractivity contribution in [3.8, 4) is 11.1 Å². The second-order valence-corrected chi connectivity index (χ2v) is 13.4. The normalized spacial score (nSPS) is 11.2. The third kappa shape index (κ3) is 5.80. The van der Waals surface area contributed by atoms with Gasteiger partial charge in [0.1, 0.15) is 0 Å². The molecule has 0 atom stereocenters. The molecule has 0 radical (unpaired) electrons. The van der Waals surface area contributed by atoms with Crippen LogP contribution < -0.4 is 9.80 Å². The molecular formula is C48H40N2. The van der Waals surface area contributed by atoms with E-state index in [4.69, 9.17) is 0 Å². The van der Waals surface area contributed by atoms with Crippen LogP contribution in [0.25, 0.3) is 32.7 Å². The number of benzene rings is 8. The SMILES string of the molecule is Cc1cccc(N(c2cccc(C)c2)c2ccc(-c3ccc(N(c4cccc(C)c4)c4cccc(C)c4)c4ccccc34)c3ccccc23)c1. The van der Waals surface area contributed by atoms with Crippen LogP contribution >= 0.6 is 0 Å². The Morgan fingerprint density at radius 3 is 0.880 bits per heavy atom. The van der Waals surface area contributed by atoms with Crippen molar-refractivity contribution in [2.45, 2.75) is 27.7 Å². The second kappa shape index (κ2) is 13.1. The minimum atomic E-state index is 1.15. The molecule has 8 rings (SSSR count). The van der Waals surface area contributed by atoms with E-state index in [1.165, 1.54) is 54.9 Å². The van der Waals surface area contributed by atoms with Crippen LogP contribution in [0.1, 0.15) is 22.3 Å². The van der Waals surface area contributed by atoms with E-state index in [2.05, 4.69) is 207 Å². The summed E-state index contributed by atoms with van der Waals surface area (Å²) in [5, 5.41) is 4.87. The molecule has 0 bridgehead atoms. The van der Waals surface area contributed by atoms with Gasteiger partial charge in [0.15, 0.2) is 0 Å². The Kier molecular flexibility index (Phi) is 8.14. The van der Waals surface area contributed by atoms with E-state index < -0.39 is 0 Å². The van der Waals surface area contributed by atoms with Crippen LogP contribution in [0.5, 0.6) is 0 Å². The lowest BCUT2D eigenvalue weighted by Gasteiger charge is -2.29. The van der Waals surface area contributed by atoms with Crippen molar-refractivity contribution in [1.29, 1.82) is 0 Å². The molecule has 242 valence electrons. The van der Waals surface area contributed by atoms with Gasteiger partial charge in [0.2, 0.25) is 0 Å². The smallest absolute Gasteiger partial charge is 0.0540 e. The van der Waals surface area contributed by atoms with Gasteiger partial charge in [-0.2, -0.15) is 0 Å². The van der Waals surface area contributed by atoms with Gasteiger partial charge in [-0.25, -0.2) is 0 Å². The Hall–Kier alpha value is -6.12. The van der Waals surface area contributed by atoms with Crippen molar-refractivity contribution in [2.75, 3.05) is 9.80 Å². The first-order valence-electron chi connectivity index (χ1n) is 17.4. The molecular weight excluding hydrogens is 605 g/mol. The first-order chi connectivity index (χ1) is 24.4. The van der Waals surface area contributed by atoms with Crippen molar-refractivity contribution in [3.05, 3.63) is 192 Å². The Bertz CT molecular complexity index is 2240. The highest BCUT2D eigenvalue weighted by molar-refractivity contribution is 6.13. The molecule has 0 spiro atoms. The highest BCUT2D eigenvalue weighted by atomic mass is 15.1. The quantitative estimate of drug-likeness (QED) is 0.170. The van der Waals surface area contributed by atoms with Crippen molar-refractivity contribution < 1.29 is 0 Å². The average molecular weight is 645 g/mol. The average Bonchev–Trinajstić information content (AvgIpc) is 3.12. The molecule has 2 nitrogen and oxygen atoms in total. The molecule has 0 unspecified atom stereocenters. The summed E-state index contributed by atoms with van der Waals surface area (Å²) >= 11 is 0. The fraction of sp³-hybridized carbons (Fsp3) is 0.0833. The van der Waals surface area contributed by atoms with Gasteiger partial charge in [0, 0.05) is 33.5 Å². The van der Waals surface area contributed by atoms with Gasteiger partial charge in [-0.3, -0.25) is 0 Å². The molecule has 2 heteroatoms. The Morgan fingerprint density at radius 2 is 0.580 bits per heavy atom. The second-order valence-electron chi connectivity index (χ2n) is 13.4. The van der Waals surface area contributed by atoms with Gasteiger partial charge in [-0.05, 0) is 133 Å². The van der Waals surface area contributed by atoms with E-state index in [-0.39, 0.29) is 0 Å². The molecule has 0 amide bonds. The molecule has 0 aromatic heterocycles. The lowest BCUT2D eigenvalue weighted by atomic mass is 9.92. The molecule has 0 aliphatic carbocycles. The monoisotopic (exact) mass is 644 g/mol. The molecule has 0 saturated carbocycles. The van der Waals surface area contributed by atoms with Gasteiger partial charge in [-0.15, -0.1) is 0 Å². The van der Waals surface area contributed by atoms with Crippen LogP contribution in [0, 0.1) is 27.7 Å². The number of rotatable bonds is 7. The molecule has 50 heavy (non-hydrogen) atoms. The van der Waals surface area contributed by atoms with E-state index in [9.17, 15) is 0 Å². The van der Waals surface area contributed by atoms with Gasteiger partial charge in [0.25, 0.3) is 0 Å². The van der Waals surface area contributed by atoms with E-state index in [1.807, 2.05) is 0 Å². The fourth-order valence-electron chi connectivity index (χ4n) is 7.35. The Labute approximate surface area is 295 Å². The maximum absolute atomic E-state index is 2.40. The summed E-state index contributed by atoms with van der Waals surface area (Å²) in [6, 6.07) is 62.1. The maximum Gasteiger partial charge on any atom is 0.0540 e. The number of nitrogens with zero attached hydrogens (tertiary/aromatic N) is 2. The number of hydrogen-bond donors (Lipinski definition) is 0. The van der Waals surface area contributed by atoms with Crippen LogP contribution in [-0.4, -0.2) is 0 Å². The predicted octanol–water partition coefficient (Wildman–Crippen LogP) is 13.8. The third-order valence-electron chi connectivity index (χ3n) is 9.61. The van der Waals surface area contributed by atoms with Crippen LogP contribution in [0.2, 0.25) is 0 Å². The van der Waals surface area contributed by atoms with Gasteiger partial charge < -0.3 is 9.80 Å². The van der Waals surface area contributed by atoms with Gasteiger partial charge in [0.05, 0.1) is 11.4 Å². The zero-order valence-electron chi connectivity index (χ0n) is 29.1. The lowest BCUT2D eigenvalue weighted by molar-refractivity contribution is 1.27. The Balaban J connectivity index is 1.34. The van der Waals surface area contributed by atoms with Crippen molar-refractivity contribution in [1.82, 2.24) is 0 Å². The first-order valence-corrected chi connectivity index (χ1v) is 17.4. The summed E-state index contributed by atoms with van der Waals surface area (Å²) in [5.41, 5.74) is 14.3. The van der Waals surface area contributed by atoms with Crippen LogP contribution in [0.15, 0.2) is 170 Å². The summed E-state index contributed by atoms with van der Waals surface area (Å²) in [6.45, 7) is 8.64. The minimum Gasteiger partial charge on any atom is -0.310 e. The molecule has 8 aromatic rings. The number of hydrogen-bond acceptors (Lipinski definition) is 2. The molecule has 8 aromatic carbocycles. The number of fused-ring (bicyclic) bond motifs is 2. The molecule has 0 N–H and O–H groups in total. The lowest BCUT2D eigenvalue weighted by Crippen LogP contribution is -2.11. The Morgan fingerprint density at radius 1 is 0.280 bits per heavy atom. The molecule has 0 aliphatic heterocycles. The van der Waals surface area contributed by atoms with Crippen LogP contribution in [0.4, 0.5) is 34.1 Å². The topological polar surface area (TPSA) is 6.48 Å². The zero-order chi connectivity index (χ0) is 34.2.